The Morgan fingerprint density at radius 1 is 0.600 bits per heavy atom. The van der Waals surface area contributed by atoms with Gasteiger partial charge in [-0.1, -0.05) is 0 Å². The van der Waals surface area contributed by atoms with Crippen LogP contribution in [0.4, 0.5) is 22.0 Å². The minimum absolute atomic E-state index is 0.406. The molecule has 124 valence electrons. The Bertz CT molecular complexity index is 238. The molecule has 7 nitrogen and oxygen atoms in total. The lowest BCUT2D eigenvalue weighted by atomic mass is 9.93. The summed E-state index contributed by atoms with van der Waals surface area (Å²) in [7, 11) is 0. The third-order valence-corrected chi connectivity index (χ3v) is 2.16. The normalized spacial score (nSPS) is 13.8. The van der Waals surface area contributed by atoms with E-state index in [0.717, 1.165) is 0 Å². The van der Waals surface area contributed by atoms with Crippen LogP contribution in [0.5, 0.6) is 0 Å². The monoisotopic (exact) mass is 318 g/mol. The van der Waals surface area contributed by atoms with Gasteiger partial charge >= 0.3 is 18.1 Å². The molecule has 0 amide bonds. The molecule has 0 rings (SSSR count). The van der Waals surface area contributed by atoms with Crippen LogP contribution in [-0.2, 0) is 0 Å². The minimum atomic E-state index is -6.01. The van der Waals surface area contributed by atoms with Crippen LogP contribution in [0.2, 0.25) is 0 Å². The SMILES string of the molecule is OC(F)(F)C(O)(O)C(F)(F)F.OCC(CO)(CO)CO. The number of halogens is 5. The fraction of sp³-hybridized carbons (Fsp3) is 1.00. The van der Waals surface area contributed by atoms with Crippen LogP contribution in [0.15, 0.2) is 0 Å². The lowest BCUT2D eigenvalue weighted by molar-refractivity contribution is -0.464. The first-order valence-electron chi connectivity index (χ1n) is 4.79. The molecule has 0 saturated heterocycles. The van der Waals surface area contributed by atoms with Crippen molar-refractivity contribution in [3.05, 3.63) is 0 Å². The largest absolute Gasteiger partial charge is 0.452 e. The van der Waals surface area contributed by atoms with Crippen LogP contribution < -0.4 is 0 Å². The van der Waals surface area contributed by atoms with Gasteiger partial charge in [0, 0.05) is 0 Å². The third kappa shape index (κ3) is 5.40. The van der Waals surface area contributed by atoms with Gasteiger partial charge in [0.25, 0.3) is 0 Å². The highest BCUT2D eigenvalue weighted by atomic mass is 19.4. The van der Waals surface area contributed by atoms with Crippen molar-refractivity contribution in [3.63, 3.8) is 0 Å². The second-order valence-corrected chi connectivity index (χ2v) is 3.84. The number of hydrogen-bond acceptors (Lipinski definition) is 7. The average Bonchev–Trinajstić information content (AvgIpc) is 2.31. The maximum Gasteiger partial charge on any atom is 0.452 e. The number of aliphatic hydroxyl groups is 7. The van der Waals surface area contributed by atoms with E-state index in [9.17, 15) is 22.0 Å². The molecular formula is C8H15F5O7. The van der Waals surface area contributed by atoms with Gasteiger partial charge in [0.15, 0.2) is 0 Å². The van der Waals surface area contributed by atoms with Gasteiger partial charge in [-0.15, -0.1) is 0 Å². The Hall–Kier alpha value is -0.630. The van der Waals surface area contributed by atoms with Crippen molar-refractivity contribution in [3.8, 4) is 0 Å². The van der Waals surface area contributed by atoms with Gasteiger partial charge in [-0.3, -0.25) is 0 Å². The summed E-state index contributed by atoms with van der Waals surface area (Å²) in [5.41, 5.74) is -1.11. The van der Waals surface area contributed by atoms with Gasteiger partial charge < -0.3 is 35.7 Å². The molecule has 0 spiro atoms. The first kappa shape index (κ1) is 21.7. The molecule has 0 aromatic heterocycles. The molecule has 0 aliphatic heterocycles. The summed E-state index contributed by atoms with van der Waals surface area (Å²) in [6.45, 7) is -1.62. The highest BCUT2D eigenvalue weighted by Crippen LogP contribution is 2.37. The first-order valence-corrected chi connectivity index (χ1v) is 4.79. The molecular weight excluding hydrogens is 303 g/mol. The number of rotatable bonds is 5. The Balaban J connectivity index is 0. The molecule has 0 aromatic rings. The molecule has 20 heavy (non-hydrogen) atoms. The second kappa shape index (κ2) is 7.40. The summed E-state index contributed by atoms with van der Waals surface area (Å²) in [4.78, 5) is 0. The van der Waals surface area contributed by atoms with Crippen molar-refractivity contribution in [1.82, 2.24) is 0 Å². The molecule has 0 unspecified atom stereocenters. The second-order valence-electron chi connectivity index (χ2n) is 3.84. The summed E-state index contributed by atoms with van der Waals surface area (Å²) in [5, 5.41) is 56.5. The fourth-order valence-corrected chi connectivity index (χ4v) is 0.471. The van der Waals surface area contributed by atoms with E-state index in [4.69, 9.17) is 35.7 Å². The summed E-state index contributed by atoms with van der Waals surface area (Å²) in [6, 6.07) is 0. The predicted octanol–water partition coefficient (Wildman–Crippen LogP) is -2.24. The van der Waals surface area contributed by atoms with Crippen molar-refractivity contribution in [1.29, 1.82) is 0 Å². The Morgan fingerprint density at radius 3 is 0.850 bits per heavy atom. The minimum Gasteiger partial charge on any atom is -0.396 e. The predicted molar refractivity (Wildman–Crippen MR) is 51.2 cm³/mol. The molecule has 0 aliphatic rings. The van der Waals surface area contributed by atoms with Crippen molar-refractivity contribution < 1.29 is 57.7 Å². The lowest BCUT2D eigenvalue weighted by Gasteiger charge is -2.27. The van der Waals surface area contributed by atoms with Crippen LogP contribution in [0, 0.1) is 5.41 Å². The van der Waals surface area contributed by atoms with Crippen molar-refractivity contribution in [2.75, 3.05) is 26.4 Å². The van der Waals surface area contributed by atoms with E-state index in [1.54, 1.807) is 0 Å². The zero-order chi connectivity index (χ0) is 16.8. The van der Waals surface area contributed by atoms with Crippen LogP contribution in [0.25, 0.3) is 0 Å². The summed E-state index contributed by atoms with van der Waals surface area (Å²) in [6.07, 6.45) is -11.6. The highest BCUT2D eigenvalue weighted by molar-refractivity contribution is 4.81. The highest BCUT2D eigenvalue weighted by Gasteiger charge is 2.69. The molecule has 0 saturated carbocycles. The van der Waals surface area contributed by atoms with Gasteiger partial charge in [0.05, 0.1) is 31.8 Å². The molecule has 0 fully saturated rings. The van der Waals surface area contributed by atoms with E-state index in [2.05, 4.69) is 0 Å². The van der Waals surface area contributed by atoms with E-state index >= 15 is 0 Å². The smallest absolute Gasteiger partial charge is 0.396 e. The molecule has 0 atom stereocenters. The Kier molecular flexibility index (Phi) is 8.01. The molecule has 0 bridgehead atoms. The average molecular weight is 318 g/mol. The summed E-state index contributed by atoms with van der Waals surface area (Å²) in [5.74, 6) is -5.40. The van der Waals surface area contributed by atoms with Crippen LogP contribution in [0.3, 0.4) is 0 Å². The molecule has 0 radical (unpaired) electrons. The van der Waals surface area contributed by atoms with Crippen molar-refractivity contribution in [2.45, 2.75) is 18.1 Å². The Labute approximate surface area is 109 Å². The summed E-state index contributed by atoms with van der Waals surface area (Å²) >= 11 is 0. The lowest BCUT2D eigenvalue weighted by Crippen LogP contribution is -2.58. The topological polar surface area (TPSA) is 142 Å². The zero-order valence-electron chi connectivity index (χ0n) is 9.85. The standard InChI is InChI=1S/C5H12O4.C3H3F5O3/c6-1-5(2-7,3-8)4-9;4-2(5,6)1(9,10)3(7,8)11/h6-9H,1-4H2;9-11H. The van der Waals surface area contributed by atoms with Gasteiger partial charge in [-0.2, -0.15) is 22.0 Å². The van der Waals surface area contributed by atoms with Gasteiger partial charge in [0.1, 0.15) is 0 Å². The molecule has 0 aromatic carbocycles. The van der Waals surface area contributed by atoms with E-state index in [-0.39, 0.29) is 0 Å². The molecule has 12 heteroatoms. The van der Waals surface area contributed by atoms with E-state index < -0.39 is 49.9 Å². The first-order chi connectivity index (χ1) is 8.74. The molecule has 0 aliphatic carbocycles. The van der Waals surface area contributed by atoms with Gasteiger partial charge in [-0.05, 0) is 0 Å². The molecule has 0 heterocycles. The maximum absolute atomic E-state index is 11.3. The van der Waals surface area contributed by atoms with Gasteiger partial charge in [0.2, 0.25) is 0 Å². The van der Waals surface area contributed by atoms with Crippen molar-refractivity contribution in [2.24, 2.45) is 5.41 Å². The van der Waals surface area contributed by atoms with Crippen LogP contribution >= 0.6 is 0 Å². The Morgan fingerprint density at radius 2 is 0.850 bits per heavy atom. The third-order valence-electron chi connectivity index (χ3n) is 2.16. The van der Waals surface area contributed by atoms with Crippen molar-refractivity contribution >= 4 is 0 Å². The molecule has 7 N–H and O–H groups in total. The quantitative estimate of drug-likeness (QED) is 0.224. The fourth-order valence-electron chi connectivity index (χ4n) is 0.471. The number of alkyl halides is 5. The van der Waals surface area contributed by atoms with Crippen LogP contribution in [-0.4, -0.2) is 80.2 Å². The van der Waals surface area contributed by atoms with Crippen LogP contribution in [0.1, 0.15) is 0 Å². The van der Waals surface area contributed by atoms with E-state index in [0.29, 0.717) is 0 Å². The van der Waals surface area contributed by atoms with Gasteiger partial charge in [-0.25, -0.2) is 0 Å². The summed E-state index contributed by atoms with van der Waals surface area (Å²) < 4.78 is 56.2. The van der Waals surface area contributed by atoms with E-state index in [1.165, 1.54) is 0 Å². The number of aliphatic hydroxyl groups excluding tert-OH is 4. The zero-order valence-corrected chi connectivity index (χ0v) is 9.85. The van der Waals surface area contributed by atoms with E-state index in [1.807, 2.05) is 0 Å². The number of hydrogen-bond donors (Lipinski definition) is 7. The maximum atomic E-state index is 11.3.